The van der Waals surface area contributed by atoms with Gasteiger partial charge in [0.1, 0.15) is 0 Å². The second-order valence-corrected chi connectivity index (χ2v) is 6.50. The van der Waals surface area contributed by atoms with E-state index in [1.54, 1.807) is 0 Å². The van der Waals surface area contributed by atoms with Gasteiger partial charge < -0.3 is 10.4 Å². The van der Waals surface area contributed by atoms with Gasteiger partial charge in [0.15, 0.2) is 0 Å². The number of nitrogens with zero attached hydrogens (tertiary/aromatic N) is 1. The number of aryl methyl sites for hydroxylation is 1. The summed E-state index contributed by atoms with van der Waals surface area (Å²) in [5.74, 6) is 0. The van der Waals surface area contributed by atoms with Crippen molar-refractivity contribution in [3.8, 4) is 0 Å². The molecule has 0 aromatic heterocycles. The molecule has 1 aliphatic heterocycles. The second kappa shape index (κ2) is 7.92. The molecule has 3 heteroatoms. The SMILES string of the molecule is CCNC(C)(CO)CCCN1CCCc2ccccc2C1. The fourth-order valence-electron chi connectivity index (χ4n) is 3.30. The number of likely N-dealkylation sites (N-methyl/N-ethyl adjacent to an activating group) is 1. The van der Waals surface area contributed by atoms with Crippen molar-refractivity contribution >= 4 is 0 Å². The number of fused-ring (bicyclic) bond motifs is 1. The zero-order chi connectivity index (χ0) is 15.1. The van der Waals surface area contributed by atoms with E-state index < -0.39 is 0 Å². The average Bonchev–Trinajstić information content (AvgIpc) is 2.69. The van der Waals surface area contributed by atoms with Gasteiger partial charge in [0.2, 0.25) is 0 Å². The molecule has 1 atom stereocenters. The molecule has 1 aliphatic rings. The molecule has 1 aromatic rings. The van der Waals surface area contributed by atoms with Crippen LogP contribution in [-0.2, 0) is 13.0 Å². The maximum atomic E-state index is 9.55. The minimum atomic E-state index is -0.126. The van der Waals surface area contributed by atoms with Crippen LogP contribution in [-0.4, -0.2) is 41.8 Å². The van der Waals surface area contributed by atoms with Gasteiger partial charge in [-0.1, -0.05) is 31.2 Å². The Balaban J connectivity index is 1.84. The zero-order valence-corrected chi connectivity index (χ0v) is 13.6. The molecule has 2 rings (SSSR count). The van der Waals surface area contributed by atoms with Crippen molar-refractivity contribution in [1.82, 2.24) is 10.2 Å². The Morgan fingerprint density at radius 2 is 2.05 bits per heavy atom. The van der Waals surface area contributed by atoms with E-state index in [1.807, 2.05) is 0 Å². The van der Waals surface area contributed by atoms with Crippen molar-refractivity contribution in [2.24, 2.45) is 0 Å². The predicted molar refractivity (Wildman–Crippen MR) is 88.4 cm³/mol. The largest absolute Gasteiger partial charge is 0.394 e. The van der Waals surface area contributed by atoms with E-state index >= 15 is 0 Å². The molecule has 1 heterocycles. The summed E-state index contributed by atoms with van der Waals surface area (Å²) in [6, 6.07) is 8.84. The van der Waals surface area contributed by atoms with Gasteiger partial charge in [0.05, 0.1) is 6.61 Å². The molecular weight excluding hydrogens is 260 g/mol. The summed E-state index contributed by atoms with van der Waals surface area (Å²) in [5.41, 5.74) is 2.89. The Kier molecular flexibility index (Phi) is 6.22. The Labute approximate surface area is 129 Å². The fraction of sp³-hybridized carbons (Fsp3) is 0.667. The minimum Gasteiger partial charge on any atom is -0.394 e. The minimum absolute atomic E-state index is 0.126. The molecule has 3 nitrogen and oxygen atoms in total. The first-order chi connectivity index (χ1) is 10.2. The molecule has 0 amide bonds. The highest BCUT2D eigenvalue weighted by molar-refractivity contribution is 5.27. The van der Waals surface area contributed by atoms with Crippen LogP contribution in [0.2, 0.25) is 0 Å². The summed E-state index contributed by atoms with van der Waals surface area (Å²) in [7, 11) is 0. The highest BCUT2D eigenvalue weighted by Gasteiger charge is 2.22. The molecule has 0 spiro atoms. The quantitative estimate of drug-likeness (QED) is 0.810. The van der Waals surface area contributed by atoms with Gasteiger partial charge in [-0.15, -0.1) is 0 Å². The number of hydrogen-bond acceptors (Lipinski definition) is 3. The summed E-state index contributed by atoms with van der Waals surface area (Å²) in [5, 5.41) is 13.0. The zero-order valence-electron chi connectivity index (χ0n) is 13.6. The fourth-order valence-corrected chi connectivity index (χ4v) is 3.30. The van der Waals surface area contributed by atoms with Crippen molar-refractivity contribution < 1.29 is 5.11 Å². The highest BCUT2D eigenvalue weighted by Crippen LogP contribution is 2.19. The van der Waals surface area contributed by atoms with Crippen molar-refractivity contribution in [1.29, 1.82) is 0 Å². The molecule has 0 bridgehead atoms. The molecule has 0 saturated heterocycles. The molecule has 2 N–H and O–H groups in total. The normalized spacial score (nSPS) is 18.8. The molecule has 118 valence electrons. The standard InChI is InChI=1S/C18H30N2O/c1-3-19-18(2,15-21)11-7-13-20-12-6-10-16-8-4-5-9-17(16)14-20/h4-5,8-9,19,21H,3,6-7,10-15H2,1-2H3. The number of benzene rings is 1. The molecule has 0 radical (unpaired) electrons. The van der Waals surface area contributed by atoms with Gasteiger partial charge in [-0.25, -0.2) is 0 Å². The van der Waals surface area contributed by atoms with Crippen molar-refractivity contribution in [3.63, 3.8) is 0 Å². The first-order valence-electron chi connectivity index (χ1n) is 8.32. The van der Waals surface area contributed by atoms with Gasteiger partial charge in [0.25, 0.3) is 0 Å². The Hall–Kier alpha value is -0.900. The van der Waals surface area contributed by atoms with Gasteiger partial charge >= 0.3 is 0 Å². The van der Waals surface area contributed by atoms with E-state index in [2.05, 4.69) is 48.3 Å². The van der Waals surface area contributed by atoms with Gasteiger partial charge in [-0.05, 0) is 63.4 Å². The van der Waals surface area contributed by atoms with Crippen LogP contribution in [0.15, 0.2) is 24.3 Å². The van der Waals surface area contributed by atoms with Crippen LogP contribution in [0.1, 0.15) is 44.2 Å². The lowest BCUT2D eigenvalue weighted by Gasteiger charge is -2.29. The van der Waals surface area contributed by atoms with Crippen LogP contribution in [0.5, 0.6) is 0 Å². The number of hydrogen-bond donors (Lipinski definition) is 2. The lowest BCUT2D eigenvalue weighted by atomic mass is 9.96. The van der Waals surface area contributed by atoms with Crippen LogP contribution < -0.4 is 5.32 Å². The van der Waals surface area contributed by atoms with Crippen LogP contribution in [0, 0.1) is 0 Å². The van der Waals surface area contributed by atoms with Gasteiger partial charge in [-0.2, -0.15) is 0 Å². The monoisotopic (exact) mass is 290 g/mol. The summed E-state index contributed by atoms with van der Waals surface area (Å²) in [6.45, 7) is 8.72. The third kappa shape index (κ3) is 4.80. The van der Waals surface area contributed by atoms with E-state index in [-0.39, 0.29) is 12.1 Å². The first kappa shape index (κ1) is 16.5. The van der Waals surface area contributed by atoms with Crippen molar-refractivity contribution in [2.75, 3.05) is 26.2 Å². The molecule has 0 saturated carbocycles. The topological polar surface area (TPSA) is 35.5 Å². The van der Waals surface area contributed by atoms with Crippen LogP contribution in [0.3, 0.4) is 0 Å². The smallest absolute Gasteiger partial charge is 0.0610 e. The van der Waals surface area contributed by atoms with Gasteiger partial charge in [0, 0.05) is 12.1 Å². The summed E-state index contributed by atoms with van der Waals surface area (Å²) in [6.07, 6.45) is 4.61. The number of rotatable bonds is 7. The summed E-state index contributed by atoms with van der Waals surface area (Å²) in [4.78, 5) is 2.57. The van der Waals surface area contributed by atoms with Gasteiger partial charge in [-0.3, -0.25) is 4.90 Å². The number of nitrogens with one attached hydrogen (secondary N) is 1. The van der Waals surface area contributed by atoms with E-state index in [9.17, 15) is 5.11 Å². The molecule has 21 heavy (non-hydrogen) atoms. The highest BCUT2D eigenvalue weighted by atomic mass is 16.3. The van der Waals surface area contributed by atoms with E-state index in [1.165, 1.54) is 30.5 Å². The lowest BCUT2D eigenvalue weighted by molar-refractivity contribution is 0.157. The molecular formula is C18H30N2O. The molecule has 0 fully saturated rings. The molecule has 0 aliphatic carbocycles. The van der Waals surface area contributed by atoms with E-state index in [0.717, 1.165) is 32.5 Å². The third-order valence-electron chi connectivity index (χ3n) is 4.59. The van der Waals surface area contributed by atoms with Crippen LogP contribution in [0.25, 0.3) is 0 Å². The van der Waals surface area contributed by atoms with Crippen LogP contribution in [0.4, 0.5) is 0 Å². The molecule has 1 unspecified atom stereocenters. The van der Waals surface area contributed by atoms with E-state index in [4.69, 9.17) is 0 Å². The van der Waals surface area contributed by atoms with Crippen molar-refractivity contribution in [3.05, 3.63) is 35.4 Å². The Morgan fingerprint density at radius 1 is 1.29 bits per heavy atom. The Morgan fingerprint density at radius 3 is 2.76 bits per heavy atom. The molecule has 1 aromatic carbocycles. The van der Waals surface area contributed by atoms with Crippen LogP contribution >= 0.6 is 0 Å². The van der Waals surface area contributed by atoms with Crippen molar-refractivity contribution in [2.45, 2.75) is 51.6 Å². The van der Waals surface area contributed by atoms with E-state index in [0.29, 0.717) is 0 Å². The summed E-state index contributed by atoms with van der Waals surface area (Å²) >= 11 is 0. The maximum Gasteiger partial charge on any atom is 0.0610 e. The second-order valence-electron chi connectivity index (χ2n) is 6.50. The average molecular weight is 290 g/mol. The maximum absolute atomic E-state index is 9.55. The third-order valence-corrected chi connectivity index (χ3v) is 4.59. The predicted octanol–water partition coefficient (Wildman–Crippen LogP) is 2.58. The Bertz CT molecular complexity index is 435. The lowest BCUT2D eigenvalue weighted by Crippen LogP contribution is -2.46. The number of aliphatic hydroxyl groups excluding tert-OH is 1. The summed E-state index contributed by atoms with van der Waals surface area (Å²) < 4.78 is 0. The number of aliphatic hydroxyl groups is 1. The first-order valence-corrected chi connectivity index (χ1v) is 8.32.